The molecule has 0 unspecified atom stereocenters. The highest BCUT2D eigenvalue weighted by atomic mass is 16.2. The van der Waals surface area contributed by atoms with E-state index in [-0.39, 0.29) is 17.7 Å². The first-order chi connectivity index (χ1) is 13.0. The molecule has 0 aliphatic carbocycles. The molecule has 1 aliphatic heterocycles. The first-order valence-electron chi connectivity index (χ1n) is 9.64. The zero-order valence-electron chi connectivity index (χ0n) is 16.1. The van der Waals surface area contributed by atoms with Crippen LogP contribution in [0.25, 0.3) is 5.65 Å². The third kappa shape index (κ3) is 4.44. The highest BCUT2D eigenvalue weighted by Crippen LogP contribution is 2.22. The molecular formula is C19H28N6O2. The molecule has 2 amide bonds. The fourth-order valence-electron chi connectivity index (χ4n) is 3.65. The summed E-state index contributed by atoms with van der Waals surface area (Å²) in [5, 5.41) is 4.34. The van der Waals surface area contributed by atoms with Crippen molar-refractivity contribution in [1.82, 2.24) is 24.4 Å². The lowest BCUT2D eigenvalue weighted by molar-refractivity contribution is -0.119. The molecule has 0 spiro atoms. The number of aromatic nitrogens is 3. The molecule has 2 N–H and O–H groups in total. The van der Waals surface area contributed by atoms with E-state index in [1.54, 1.807) is 10.7 Å². The van der Waals surface area contributed by atoms with Gasteiger partial charge in [-0.1, -0.05) is 13.8 Å². The number of primary amides is 1. The number of amides is 2. The Morgan fingerprint density at radius 1 is 1.22 bits per heavy atom. The Morgan fingerprint density at radius 2 is 1.93 bits per heavy atom. The molecule has 0 saturated carbocycles. The standard InChI is InChI=1S/C19H28N6O2/c1-3-23(4-2)12-15-10-21-18-16(11-22-25(18)13-15)19(27)24-7-5-14(6-8-24)9-17(20)26/h10-11,13-14H,3-9,12H2,1-2H3,(H2,20,26). The average molecular weight is 372 g/mol. The van der Waals surface area contributed by atoms with Crippen molar-refractivity contribution in [2.45, 2.75) is 39.7 Å². The van der Waals surface area contributed by atoms with Gasteiger partial charge in [0.2, 0.25) is 5.91 Å². The molecule has 0 bridgehead atoms. The number of carbonyl (C=O) groups is 2. The van der Waals surface area contributed by atoms with Crippen molar-refractivity contribution in [2.75, 3.05) is 26.2 Å². The van der Waals surface area contributed by atoms with Crippen molar-refractivity contribution in [1.29, 1.82) is 0 Å². The minimum atomic E-state index is -0.271. The van der Waals surface area contributed by atoms with E-state index in [2.05, 4.69) is 28.8 Å². The van der Waals surface area contributed by atoms with Gasteiger partial charge < -0.3 is 10.6 Å². The van der Waals surface area contributed by atoms with Gasteiger partial charge in [0.25, 0.3) is 5.91 Å². The van der Waals surface area contributed by atoms with Crippen LogP contribution in [0.4, 0.5) is 0 Å². The van der Waals surface area contributed by atoms with E-state index in [0.717, 1.165) is 38.0 Å². The Kier molecular flexibility index (Phi) is 6.05. The predicted molar refractivity (Wildman–Crippen MR) is 102 cm³/mol. The predicted octanol–water partition coefficient (Wildman–Crippen LogP) is 1.30. The van der Waals surface area contributed by atoms with E-state index < -0.39 is 0 Å². The summed E-state index contributed by atoms with van der Waals surface area (Å²) < 4.78 is 1.69. The number of nitrogens with zero attached hydrogens (tertiary/aromatic N) is 5. The third-order valence-corrected chi connectivity index (χ3v) is 5.33. The van der Waals surface area contributed by atoms with E-state index in [1.165, 1.54) is 0 Å². The highest BCUT2D eigenvalue weighted by molar-refractivity contribution is 5.99. The van der Waals surface area contributed by atoms with Gasteiger partial charge in [-0.2, -0.15) is 5.10 Å². The van der Waals surface area contributed by atoms with Gasteiger partial charge in [-0.3, -0.25) is 14.5 Å². The number of likely N-dealkylation sites (tertiary alicyclic amines) is 1. The second-order valence-electron chi connectivity index (χ2n) is 7.16. The summed E-state index contributed by atoms with van der Waals surface area (Å²) in [4.78, 5) is 32.6. The quantitative estimate of drug-likeness (QED) is 0.790. The van der Waals surface area contributed by atoms with Crippen LogP contribution in [0, 0.1) is 5.92 Å². The summed E-state index contributed by atoms with van der Waals surface area (Å²) in [6.07, 6.45) is 7.36. The smallest absolute Gasteiger partial charge is 0.259 e. The zero-order chi connectivity index (χ0) is 19.4. The van der Waals surface area contributed by atoms with Crippen LogP contribution in [-0.4, -0.2) is 62.4 Å². The van der Waals surface area contributed by atoms with Gasteiger partial charge in [0.05, 0.1) is 6.20 Å². The van der Waals surface area contributed by atoms with E-state index in [4.69, 9.17) is 5.73 Å². The topological polar surface area (TPSA) is 96.8 Å². The molecule has 1 aliphatic rings. The van der Waals surface area contributed by atoms with Gasteiger partial charge in [0.15, 0.2) is 5.65 Å². The molecule has 8 nitrogen and oxygen atoms in total. The largest absolute Gasteiger partial charge is 0.370 e. The fourth-order valence-corrected chi connectivity index (χ4v) is 3.65. The van der Waals surface area contributed by atoms with Crippen LogP contribution in [-0.2, 0) is 11.3 Å². The van der Waals surface area contributed by atoms with Gasteiger partial charge in [0, 0.05) is 44.0 Å². The Bertz CT molecular complexity index is 806. The second-order valence-corrected chi connectivity index (χ2v) is 7.16. The van der Waals surface area contributed by atoms with Gasteiger partial charge in [-0.25, -0.2) is 9.50 Å². The SMILES string of the molecule is CCN(CC)Cc1cnc2c(C(=O)N3CCC(CC(N)=O)CC3)cnn2c1. The van der Waals surface area contributed by atoms with Crippen LogP contribution in [0.15, 0.2) is 18.6 Å². The lowest BCUT2D eigenvalue weighted by Gasteiger charge is -2.31. The number of nitrogens with two attached hydrogens (primary N) is 1. The third-order valence-electron chi connectivity index (χ3n) is 5.33. The Labute approximate surface area is 159 Å². The Balaban J connectivity index is 1.70. The lowest BCUT2D eigenvalue weighted by atomic mass is 9.93. The first-order valence-corrected chi connectivity index (χ1v) is 9.64. The van der Waals surface area contributed by atoms with Crippen LogP contribution in [0.1, 0.15) is 49.0 Å². The van der Waals surface area contributed by atoms with Crippen molar-refractivity contribution in [2.24, 2.45) is 11.7 Å². The number of carbonyl (C=O) groups excluding carboxylic acids is 2. The number of fused-ring (bicyclic) bond motifs is 1. The molecule has 8 heteroatoms. The lowest BCUT2D eigenvalue weighted by Crippen LogP contribution is -2.39. The van der Waals surface area contributed by atoms with Crippen LogP contribution in [0.5, 0.6) is 0 Å². The van der Waals surface area contributed by atoms with Crippen molar-refractivity contribution in [3.05, 3.63) is 29.7 Å². The number of piperidine rings is 1. The molecule has 3 heterocycles. The maximum Gasteiger partial charge on any atom is 0.259 e. The number of rotatable bonds is 7. The van der Waals surface area contributed by atoms with Crippen molar-refractivity contribution in [3.8, 4) is 0 Å². The molecule has 1 saturated heterocycles. The summed E-state index contributed by atoms with van der Waals surface area (Å²) in [6.45, 7) is 8.29. The molecule has 0 atom stereocenters. The summed E-state index contributed by atoms with van der Waals surface area (Å²) in [6, 6.07) is 0. The minimum Gasteiger partial charge on any atom is -0.370 e. The van der Waals surface area contributed by atoms with Crippen LogP contribution < -0.4 is 5.73 Å². The van der Waals surface area contributed by atoms with Gasteiger partial charge in [0.1, 0.15) is 5.56 Å². The maximum absolute atomic E-state index is 12.9. The molecular weight excluding hydrogens is 344 g/mol. The maximum atomic E-state index is 12.9. The molecule has 2 aromatic heterocycles. The van der Waals surface area contributed by atoms with Gasteiger partial charge in [-0.05, 0) is 31.8 Å². The van der Waals surface area contributed by atoms with Crippen molar-refractivity contribution < 1.29 is 9.59 Å². The summed E-state index contributed by atoms with van der Waals surface area (Å²) >= 11 is 0. The first kappa shape index (κ1) is 19.3. The molecule has 2 aromatic rings. The van der Waals surface area contributed by atoms with Crippen molar-refractivity contribution in [3.63, 3.8) is 0 Å². The minimum absolute atomic E-state index is 0.0495. The van der Waals surface area contributed by atoms with Crippen LogP contribution in [0.2, 0.25) is 0 Å². The number of hydrogen-bond acceptors (Lipinski definition) is 5. The molecule has 0 radical (unpaired) electrons. The molecule has 3 rings (SSSR count). The Morgan fingerprint density at radius 3 is 2.56 bits per heavy atom. The number of hydrogen-bond donors (Lipinski definition) is 1. The molecule has 0 aromatic carbocycles. The highest BCUT2D eigenvalue weighted by Gasteiger charge is 2.26. The van der Waals surface area contributed by atoms with Gasteiger partial charge in [-0.15, -0.1) is 0 Å². The summed E-state index contributed by atoms with van der Waals surface area (Å²) in [5.74, 6) is -0.0464. The molecule has 1 fully saturated rings. The van der Waals surface area contributed by atoms with E-state index >= 15 is 0 Å². The fraction of sp³-hybridized carbons (Fsp3) is 0.579. The second kappa shape index (κ2) is 8.47. The van der Waals surface area contributed by atoms with Gasteiger partial charge >= 0.3 is 0 Å². The Hall–Kier alpha value is -2.48. The average Bonchev–Trinajstić information content (AvgIpc) is 3.09. The van der Waals surface area contributed by atoms with Crippen LogP contribution in [0.3, 0.4) is 0 Å². The normalized spacial score (nSPS) is 15.6. The summed E-state index contributed by atoms with van der Waals surface area (Å²) in [7, 11) is 0. The zero-order valence-corrected chi connectivity index (χ0v) is 16.1. The van der Waals surface area contributed by atoms with Crippen molar-refractivity contribution >= 4 is 17.5 Å². The van der Waals surface area contributed by atoms with E-state index in [1.807, 2.05) is 17.3 Å². The van der Waals surface area contributed by atoms with E-state index in [0.29, 0.717) is 30.7 Å². The van der Waals surface area contributed by atoms with Crippen LogP contribution >= 0.6 is 0 Å². The molecule has 27 heavy (non-hydrogen) atoms. The monoisotopic (exact) mass is 372 g/mol. The van der Waals surface area contributed by atoms with E-state index in [9.17, 15) is 9.59 Å². The summed E-state index contributed by atoms with van der Waals surface area (Å²) in [5.41, 5.74) is 7.46. The molecule has 146 valence electrons.